The summed E-state index contributed by atoms with van der Waals surface area (Å²) in [6.45, 7) is 4.96. The Balaban J connectivity index is 1.49. The molecule has 2 saturated heterocycles. The molecule has 2 aliphatic heterocycles. The van der Waals surface area contributed by atoms with Crippen LogP contribution in [0.25, 0.3) is 4.96 Å². The zero-order valence-electron chi connectivity index (χ0n) is 14.2. The van der Waals surface area contributed by atoms with Gasteiger partial charge in [-0.3, -0.25) is 9.69 Å². The monoisotopic (exact) mass is 363 g/mol. The normalized spacial score (nSPS) is 24.4. The van der Waals surface area contributed by atoms with Crippen molar-refractivity contribution in [2.45, 2.75) is 44.8 Å². The maximum atomic E-state index is 12.3. The van der Waals surface area contributed by atoms with Crippen LogP contribution in [0.3, 0.4) is 0 Å². The van der Waals surface area contributed by atoms with Crippen LogP contribution in [0.5, 0.6) is 0 Å². The SMILES string of the molecule is CCc1nn2c(=O)cc(CN3CCC[C@@]4(CC3)CNC(=O)O4)nc2s1. The number of amides is 1. The van der Waals surface area contributed by atoms with E-state index in [0.717, 1.165) is 49.5 Å². The minimum Gasteiger partial charge on any atom is -0.441 e. The van der Waals surface area contributed by atoms with Crippen LogP contribution in [-0.2, 0) is 17.7 Å². The Labute approximate surface area is 148 Å². The average molecular weight is 363 g/mol. The molecular formula is C16H21N5O3S. The third-order valence-corrected chi connectivity index (χ3v) is 5.94. The summed E-state index contributed by atoms with van der Waals surface area (Å²) in [6.07, 6.45) is 3.10. The molecule has 1 amide bonds. The summed E-state index contributed by atoms with van der Waals surface area (Å²) in [6, 6.07) is 1.57. The Kier molecular flexibility index (Phi) is 4.20. The van der Waals surface area contributed by atoms with E-state index in [1.54, 1.807) is 6.07 Å². The first-order valence-corrected chi connectivity index (χ1v) is 9.46. The molecule has 0 aliphatic carbocycles. The lowest BCUT2D eigenvalue weighted by molar-refractivity contribution is 0.0442. The maximum absolute atomic E-state index is 12.3. The van der Waals surface area contributed by atoms with Gasteiger partial charge >= 0.3 is 6.09 Å². The van der Waals surface area contributed by atoms with Crippen LogP contribution in [0.2, 0.25) is 0 Å². The Morgan fingerprint density at radius 1 is 1.36 bits per heavy atom. The molecule has 2 fully saturated rings. The maximum Gasteiger partial charge on any atom is 0.407 e. The Hall–Kier alpha value is -2.00. The summed E-state index contributed by atoms with van der Waals surface area (Å²) in [5.74, 6) is 0. The van der Waals surface area contributed by atoms with Crippen molar-refractivity contribution in [3.05, 3.63) is 27.1 Å². The number of rotatable bonds is 3. The second-order valence-corrected chi connectivity index (χ2v) is 7.73. The lowest BCUT2D eigenvalue weighted by Crippen LogP contribution is -2.35. The van der Waals surface area contributed by atoms with Crippen LogP contribution >= 0.6 is 11.3 Å². The molecule has 2 aliphatic rings. The molecule has 1 spiro atoms. The number of carbonyl (C=O) groups excluding carboxylic acids is 1. The number of carbonyl (C=O) groups is 1. The van der Waals surface area contributed by atoms with Gasteiger partial charge in [-0.25, -0.2) is 9.78 Å². The van der Waals surface area contributed by atoms with Crippen LogP contribution < -0.4 is 10.9 Å². The largest absolute Gasteiger partial charge is 0.441 e. The Bertz CT molecular complexity index is 863. The minimum atomic E-state index is -0.365. The van der Waals surface area contributed by atoms with Crippen molar-refractivity contribution < 1.29 is 9.53 Å². The molecule has 1 N–H and O–H groups in total. The third-order valence-electron chi connectivity index (χ3n) is 4.88. The first-order chi connectivity index (χ1) is 12.1. The Morgan fingerprint density at radius 2 is 2.24 bits per heavy atom. The predicted molar refractivity (Wildman–Crippen MR) is 92.9 cm³/mol. The van der Waals surface area contributed by atoms with E-state index >= 15 is 0 Å². The smallest absolute Gasteiger partial charge is 0.407 e. The van der Waals surface area contributed by atoms with Crippen molar-refractivity contribution >= 4 is 22.4 Å². The van der Waals surface area contributed by atoms with E-state index in [9.17, 15) is 9.59 Å². The van der Waals surface area contributed by atoms with Gasteiger partial charge in [0.05, 0.1) is 12.2 Å². The number of alkyl carbamates (subject to hydrolysis) is 1. The highest BCUT2D eigenvalue weighted by Gasteiger charge is 2.41. The molecule has 1 atom stereocenters. The molecule has 0 bridgehead atoms. The van der Waals surface area contributed by atoms with Gasteiger partial charge in [0.2, 0.25) is 4.96 Å². The quantitative estimate of drug-likeness (QED) is 0.881. The minimum absolute atomic E-state index is 0.129. The van der Waals surface area contributed by atoms with Gasteiger partial charge < -0.3 is 10.1 Å². The zero-order chi connectivity index (χ0) is 17.4. The van der Waals surface area contributed by atoms with E-state index in [0.29, 0.717) is 18.1 Å². The molecule has 25 heavy (non-hydrogen) atoms. The third kappa shape index (κ3) is 3.25. The highest BCUT2D eigenvalue weighted by Crippen LogP contribution is 2.29. The van der Waals surface area contributed by atoms with Crippen LogP contribution in [0.15, 0.2) is 10.9 Å². The molecule has 4 rings (SSSR count). The van der Waals surface area contributed by atoms with Gasteiger partial charge in [-0.15, -0.1) is 0 Å². The summed E-state index contributed by atoms with van der Waals surface area (Å²) in [4.78, 5) is 31.2. The van der Waals surface area contributed by atoms with Gasteiger partial charge in [-0.2, -0.15) is 9.61 Å². The lowest BCUT2D eigenvalue weighted by atomic mass is 9.95. The number of aromatic nitrogens is 3. The first kappa shape index (κ1) is 16.5. The van der Waals surface area contributed by atoms with Gasteiger partial charge in [-0.05, 0) is 25.8 Å². The molecule has 0 radical (unpaired) electrons. The molecule has 0 saturated carbocycles. The number of hydrogen-bond donors (Lipinski definition) is 1. The first-order valence-electron chi connectivity index (χ1n) is 8.65. The summed E-state index contributed by atoms with van der Waals surface area (Å²) >= 11 is 1.46. The van der Waals surface area contributed by atoms with Crippen molar-refractivity contribution in [3.63, 3.8) is 0 Å². The summed E-state index contributed by atoms with van der Waals surface area (Å²) < 4.78 is 6.89. The molecular weight excluding hydrogens is 342 g/mol. The van der Waals surface area contributed by atoms with Crippen LogP contribution in [-0.4, -0.2) is 50.8 Å². The van der Waals surface area contributed by atoms with Gasteiger partial charge in [0.1, 0.15) is 10.6 Å². The van der Waals surface area contributed by atoms with E-state index in [4.69, 9.17) is 4.74 Å². The molecule has 0 unspecified atom stereocenters. The number of fused-ring (bicyclic) bond motifs is 1. The van der Waals surface area contributed by atoms with Gasteiger partial charge in [0.15, 0.2) is 0 Å². The molecule has 0 aromatic carbocycles. The van der Waals surface area contributed by atoms with Gasteiger partial charge in [0, 0.05) is 25.6 Å². The van der Waals surface area contributed by atoms with E-state index in [1.165, 1.54) is 15.9 Å². The van der Waals surface area contributed by atoms with Crippen molar-refractivity contribution in [2.24, 2.45) is 0 Å². The predicted octanol–water partition coefficient (Wildman–Crippen LogP) is 1.18. The molecule has 9 heteroatoms. The van der Waals surface area contributed by atoms with E-state index in [1.807, 2.05) is 6.92 Å². The van der Waals surface area contributed by atoms with Crippen molar-refractivity contribution in [3.8, 4) is 0 Å². The van der Waals surface area contributed by atoms with E-state index in [-0.39, 0.29) is 17.3 Å². The van der Waals surface area contributed by atoms with Crippen molar-refractivity contribution in [2.75, 3.05) is 19.6 Å². The van der Waals surface area contributed by atoms with E-state index < -0.39 is 0 Å². The fourth-order valence-corrected chi connectivity index (χ4v) is 4.37. The van der Waals surface area contributed by atoms with Gasteiger partial charge in [0.25, 0.3) is 5.56 Å². The average Bonchev–Trinajstić information content (AvgIpc) is 3.10. The highest BCUT2D eigenvalue weighted by molar-refractivity contribution is 7.16. The number of ether oxygens (including phenoxy) is 1. The molecule has 4 heterocycles. The van der Waals surface area contributed by atoms with Crippen LogP contribution in [0.4, 0.5) is 4.79 Å². The number of likely N-dealkylation sites (tertiary alicyclic amines) is 1. The fourth-order valence-electron chi connectivity index (χ4n) is 3.51. The van der Waals surface area contributed by atoms with Gasteiger partial charge in [-0.1, -0.05) is 18.3 Å². The zero-order valence-corrected chi connectivity index (χ0v) is 15.0. The number of nitrogens with zero attached hydrogens (tertiary/aromatic N) is 4. The summed E-state index contributed by atoms with van der Waals surface area (Å²) in [5.41, 5.74) is 0.279. The van der Waals surface area contributed by atoms with Crippen LogP contribution in [0, 0.1) is 0 Å². The van der Waals surface area contributed by atoms with Crippen molar-refractivity contribution in [1.82, 2.24) is 24.8 Å². The summed E-state index contributed by atoms with van der Waals surface area (Å²) in [5, 5.41) is 7.96. The number of aryl methyl sites for hydroxylation is 1. The highest BCUT2D eigenvalue weighted by atomic mass is 32.1. The lowest BCUT2D eigenvalue weighted by Gasteiger charge is -2.24. The van der Waals surface area contributed by atoms with Crippen molar-refractivity contribution in [1.29, 1.82) is 0 Å². The number of nitrogens with one attached hydrogen (secondary N) is 1. The molecule has 8 nitrogen and oxygen atoms in total. The van der Waals surface area contributed by atoms with E-state index in [2.05, 4.69) is 20.3 Å². The van der Waals surface area contributed by atoms with Crippen LogP contribution in [0.1, 0.15) is 36.9 Å². The molecule has 2 aromatic heterocycles. The molecule has 134 valence electrons. The number of hydrogen-bond acceptors (Lipinski definition) is 7. The standard InChI is InChI=1S/C16H21N5O3S/c1-2-12-19-21-13(22)8-11(18-14(21)25-12)9-20-6-3-4-16(5-7-20)10-17-15(23)24-16/h8H,2-7,9-10H2,1H3,(H,17,23)/t16-/m1/s1. The topological polar surface area (TPSA) is 88.8 Å². The second kappa shape index (κ2) is 6.38. The second-order valence-electron chi connectivity index (χ2n) is 6.69. The molecule has 2 aromatic rings. The summed E-state index contributed by atoms with van der Waals surface area (Å²) in [7, 11) is 0. The Morgan fingerprint density at radius 3 is 3.00 bits per heavy atom. The fraction of sp³-hybridized carbons (Fsp3) is 0.625.